The van der Waals surface area contributed by atoms with E-state index in [1.165, 1.54) is 31.2 Å². The van der Waals surface area contributed by atoms with E-state index in [4.69, 9.17) is 4.74 Å². The number of unbranched alkanes of at least 4 members (excludes halogenated alkanes) is 2. The third-order valence-electron chi connectivity index (χ3n) is 5.89. The second kappa shape index (κ2) is 12.2. The van der Waals surface area contributed by atoms with Crippen LogP contribution in [0.4, 0.5) is 26.3 Å². The standard InChI is InChI=1S/C28H28F6O3S/c1-4-5-6-7-18-8-11-22(23(12-18)28(32,33)34)25-13-19-9-10-21(14-24(19)38-25)36-15-20(27(29,30)31)16-37-26(35)17(2)3/h8-14,20H,2,4-7,15-16H2,1,3H3. The van der Waals surface area contributed by atoms with Crippen molar-refractivity contribution >= 4 is 27.4 Å². The lowest BCUT2D eigenvalue weighted by Crippen LogP contribution is -2.33. The number of thiophene rings is 1. The Balaban J connectivity index is 1.82. The third kappa shape index (κ3) is 7.75. The molecule has 0 spiro atoms. The van der Waals surface area contributed by atoms with Crippen molar-refractivity contribution in [3.63, 3.8) is 0 Å². The summed E-state index contributed by atoms with van der Waals surface area (Å²) in [6.45, 7) is 4.96. The maximum absolute atomic E-state index is 13.9. The number of hydrogen-bond donors (Lipinski definition) is 0. The van der Waals surface area contributed by atoms with Gasteiger partial charge in [0.1, 0.15) is 24.9 Å². The van der Waals surface area contributed by atoms with Crippen LogP contribution >= 0.6 is 11.3 Å². The lowest BCUT2D eigenvalue weighted by Gasteiger charge is -2.20. The summed E-state index contributed by atoms with van der Waals surface area (Å²) in [5.41, 5.74) is -0.0613. The molecular formula is C28H28F6O3S. The topological polar surface area (TPSA) is 35.5 Å². The van der Waals surface area contributed by atoms with Crippen LogP contribution in [0.5, 0.6) is 5.75 Å². The third-order valence-corrected chi connectivity index (χ3v) is 7.02. The highest BCUT2D eigenvalue weighted by Gasteiger charge is 2.41. The van der Waals surface area contributed by atoms with Gasteiger partial charge in [0, 0.05) is 20.7 Å². The molecule has 10 heteroatoms. The number of aryl methyl sites for hydroxylation is 1. The predicted molar refractivity (Wildman–Crippen MR) is 136 cm³/mol. The first-order chi connectivity index (χ1) is 17.8. The van der Waals surface area contributed by atoms with Gasteiger partial charge >= 0.3 is 18.3 Å². The molecular weight excluding hydrogens is 530 g/mol. The Hall–Kier alpha value is -3.01. The van der Waals surface area contributed by atoms with Gasteiger partial charge in [0.2, 0.25) is 0 Å². The average Bonchev–Trinajstić information content (AvgIpc) is 3.25. The van der Waals surface area contributed by atoms with Crippen molar-refractivity contribution in [2.24, 2.45) is 5.92 Å². The molecule has 0 aliphatic rings. The molecule has 0 saturated heterocycles. The van der Waals surface area contributed by atoms with E-state index >= 15 is 0 Å². The number of fused-ring (bicyclic) bond motifs is 1. The van der Waals surface area contributed by atoms with Gasteiger partial charge in [-0.2, -0.15) is 26.3 Å². The number of carbonyl (C=O) groups excluding carboxylic acids is 1. The zero-order valence-corrected chi connectivity index (χ0v) is 21.8. The molecule has 0 saturated carbocycles. The molecule has 3 nitrogen and oxygen atoms in total. The van der Waals surface area contributed by atoms with Gasteiger partial charge in [0.05, 0.1) is 5.56 Å². The van der Waals surface area contributed by atoms with Crippen molar-refractivity contribution in [3.8, 4) is 16.2 Å². The fourth-order valence-electron chi connectivity index (χ4n) is 3.74. The van der Waals surface area contributed by atoms with Crippen molar-refractivity contribution in [2.45, 2.75) is 51.9 Å². The summed E-state index contributed by atoms with van der Waals surface area (Å²) < 4.78 is 92.4. The zero-order chi connectivity index (χ0) is 28.1. The second-order valence-electron chi connectivity index (χ2n) is 9.07. The van der Waals surface area contributed by atoms with E-state index < -0.39 is 43.0 Å². The number of alkyl halides is 6. The molecule has 3 rings (SSSR count). The summed E-state index contributed by atoms with van der Waals surface area (Å²) in [4.78, 5) is 11.9. The Morgan fingerprint density at radius 2 is 1.74 bits per heavy atom. The molecule has 0 radical (unpaired) electrons. The van der Waals surface area contributed by atoms with Crippen molar-refractivity contribution in [3.05, 3.63) is 65.7 Å². The van der Waals surface area contributed by atoms with Crippen LogP contribution in [0.25, 0.3) is 20.5 Å². The summed E-state index contributed by atoms with van der Waals surface area (Å²) in [6.07, 6.45) is -5.93. The first kappa shape index (κ1) is 29.5. The monoisotopic (exact) mass is 558 g/mol. The summed E-state index contributed by atoms with van der Waals surface area (Å²) in [5, 5.41) is 0.639. The van der Waals surface area contributed by atoms with Gasteiger partial charge in [-0.1, -0.05) is 38.5 Å². The van der Waals surface area contributed by atoms with Crippen molar-refractivity contribution in [1.29, 1.82) is 0 Å². The quantitative estimate of drug-likeness (QED) is 0.102. The number of hydrogen-bond acceptors (Lipinski definition) is 4. The van der Waals surface area contributed by atoms with Crippen LogP contribution in [0, 0.1) is 5.92 Å². The maximum Gasteiger partial charge on any atom is 0.417 e. The Labute approximate surface area is 221 Å². The number of benzene rings is 2. The molecule has 0 bridgehead atoms. The largest absolute Gasteiger partial charge is 0.493 e. The molecule has 38 heavy (non-hydrogen) atoms. The van der Waals surface area contributed by atoms with Crippen LogP contribution in [0.3, 0.4) is 0 Å². The highest BCUT2D eigenvalue weighted by Crippen LogP contribution is 2.42. The van der Waals surface area contributed by atoms with E-state index in [1.54, 1.807) is 18.2 Å². The van der Waals surface area contributed by atoms with Gasteiger partial charge in [0.15, 0.2) is 0 Å². The molecule has 1 atom stereocenters. The van der Waals surface area contributed by atoms with E-state index in [-0.39, 0.29) is 16.9 Å². The van der Waals surface area contributed by atoms with Crippen molar-refractivity contribution in [1.82, 2.24) is 0 Å². The van der Waals surface area contributed by atoms with Crippen LogP contribution in [0.1, 0.15) is 44.2 Å². The molecule has 1 aromatic heterocycles. The van der Waals surface area contributed by atoms with Gasteiger partial charge < -0.3 is 9.47 Å². The number of rotatable bonds is 11. The SMILES string of the molecule is C=C(C)C(=O)OCC(COc1ccc2cc(-c3ccc(CCCCC)cc3C(F)(F)F)sc2c1)C(F)(F)F. The van der Waals surface area contributed by atoms with Gasteiger partial charge in [0.25, 0.3) is 0 Å². The van der Waals surface area contributed by atoms with E-state index in [9.17, 15) is 31.1 Å². The van der Waals surface area contributed by atoms with Crippen LogP contribution in [-0.4, -0.2) is 25.4 Å². The molecule has 206 valence electrons. The summed E-state index contributed by atoms with van der Waals surface area (Å²) >= 11 is 1.10. The molecule has 0 aliphatic carbocycles. The van der Waals surface area contributed by atoms with Crippen LogP contribution in [0.2, 0.25) is 0 Å². The Morgan fingerprint density at radius 3 is 2.37 bits per heavy atom. The fourth-order valence-corrected chi connectivity index (χ4v) is 4.87. The van der Waals surface area contributed by atoms with E-state index in [2.05, 4.69) is 11.3 Å². The van der Waals surface area contributed by atoms with Crippen LogP contribution in [-0.2, 0) is 22.1 Å². The molecule has 0 N–H and O–H groups in total. The number of esters is 1. The van der Waals surface area contributed by atoms with E-state index in [1.807, 2.05) is 6.92 Å². The summed E-state index contributed by atoms with van der Waals surface area (Å²) in [7, 11) is 0. The van der Waals surface area contributed by atoms with Crippen molar-refractivity contribution < 1.29 is 40.6 Å². The maximum atomic E-state index is 13.9. The molecule has 0 amide bonds. The minimum atomic E-state index is -4.67. The lowest BCUT2D eigenvalue weighted by molar-refractivity contribution is -0.196. The highest BCUT2D eigenvalue weighted by molar-refractivity contribution is 7.22. The van der Waals surface area contributed by atoms with E-state index in [0.29, 0.717) is 26.9 Å². The van der Waals surface area contributed by atoms with Gasteiger partial charge in [-0.05, 0) is 61.0 Å². The van der Waals surface area contributed by atoms with Gasteiger partial charge in [-0.3, -0.25) is 0 Å². The molecule has 0 fully saturated rings. The number of carbonyl (C=O) groups is 1. The minimum absolute atomic E-state index is 0.0226. The predicted octanol–water partition coefficient (Wildman–Crippen LogP) is 9.00. The fraction of sp³-hybridized carbons (Fsp3) is 0.393. The normalized spacial score (nSPS) is 12.9. The Morgan fingerprint density at radius 1 is 1.00 bits per heavy atom. The lowest BCUT2D eigenvalue weighted by atomic mass is 9.98. The second-order valence-corrected chi connectivity index (χ2v) is 10.2. The molecule has 1 heterocycles. The summed E-state index contributed by atoms with van der Waals surface area (Å²) in [5.74, 6) is -2.88. The van der Waals surface area contributed by atoms with E-state index in [0.717, 1.165) is 30.6 Å². The van der Waals surface area contributed by atoms with Crippen molar-refractivity contribution in [2.75, 3.05) is 13.2 Å². The first-order valence-corrected chi connectivity index (χ1v) is 12.9. The summed E-state index contributed by atoms with van der Waals surface area (Å²) in [6, 6.07) is 10.5. The Kier molecular flexibility index (Phi) is 9.51. The number of halogens is 6. The van der Waals surface area contributed by atoms with Gasteiger partial charge in [-0.25, -0.2) is 4.79 Å². The zero-order valence-electron chi connectivity index (χ0n) is 21.0. The minimum Gasteiger partial charge on any atom is -0.493 e. The average molecular weight is 559 g/mol. The molecule has 3 aromatic rings. The van der Waals surface area contributed by atoms with Crippen LogP contribution in [0.15, 0.2) is 54.6 Å². The van der Waals surface area contributed by atoms with Crippen LogP contribution < -0.4 is 4.74 Å². The highest BCUT2D eigenvalue weighted by atomic mass is 32.1. The first-order valence-electron chi connectivity index (χ1n) is 12.1. The van der Waals surface area contributed by atoms with Gasteiger partial charge in [-0.15, -0.1) is 11.3 Å². The Bertz CT molecular complexity index is 1280. The smallest absolute Gasteiger partial charge is 0.417 e. The number of ether oxygens (including phenoxy) is 2. The molecule has 0 aliphatic heterocycles. The molecule has 1 unspecified atom stereocenters. The molecule has 2 aromatic carbocycles.